The second-order valence-electron chi connectivity index (χ2n) is 5.97. The van der Waals surface area contributed by atoms with Gasteiger partial charge in [-0.25, -0.2) is 0 Å². The van der Waals surface area contributed by atoms with Crippen molar-refractivity contribution in [3.05, 3.63) is 29.8 Å². The molecule has 0 aliphatic heterocycles. The zero-order valence-corrected chi connectivity index (χ0v) is 12.9. The van der Waals surface area contributed by atoms with Gasteiger partial charge >= 0.3 is 5.97 Å². The van der Waals surface area contributed by atoms with Crippen molar-refractivity contribution in [2.24, 2.45) is 17.1 Å². The van der Waals surface area contributed by atoms with Crippen LogP contribution < -0.4 is 10.5 Å². The Morgan fingerprint density at radius 3 is 2.43 bits per heavy atom. The Bertz CT molecular complexity index is 467. The Hall–Kier alpha value is -1.55. The molecule has 0 radical (unpaired) electrons. The fourth-order valence-electron chi connectivity index (χ4n) is 2.82. The van der Waals surface area contributed by atoms with Gasteiger partial charge in [0, 0.05) is 6.54 Å². The minimum atomic E-state index is -0.532. The second kappa shape index (κ2) is 6.94. The number of carbonyl (C=O) groups excluding carboxylic acids is 1. The number of benzene rings is 1. The predicted octanol–water partition coefficient (Wildman–Crippen LogP) is 2.55. The molecule has 2 rings (SSSR count). The van der Waals surface area contributed by atoms with Crippen LogP contribution in [0.2, 0.25) is 0 Å². The lowest BCUT2D eigenvalue weighted by atomic mass is 9.77. The summed E-state index contributed by atoms with van der Waals surface area (Å²) in [4.78, 5) is 12.2. The summed E-state index contributed by atoms with van der Waals surface area (Å²) in [5.41, 5.74) is 6.61. The van der Waals surface area contributed by atoms with Crippen LogP contribution >= 0.6 is 0 Å². The van der Waals surface area contributed by atoms with Crippen LogP contribution in [-0.4, -0.2) is 26.7 Å². The fraction of sp³-hybridized carbons (Fsp3) is 0.588. The van der Waals surface area contributed by atoms with Gasteiger partial charge in [-0.05, 0) is 42.9 Å². The largest absolute Gasteiger partial charge is 0.497 e. The molecular weight excluding hydrogens is 266 g/mol. The molecule has 2 N–H and O–H groups in total. The molecule has 0 bridgehead atoms. The van der Waals surface area contributed by atoms with Gasteiger partial charge in [0.1, 0.15) is 5.75 Å². The molecule has 1 aromatic rings. The minimum Gasteiger partial charge on any atom is -0.497 e. The molecule has 1 aliphatic rings. The van der Waals surface area contributed by atoms with Gasteiger partial charge in [-0.3, -0.25) is 4.79 Å². The van der Waals surface area contributed by atoms with E-state index in [0.29, 0.717) is 12.5 Å². The van der Waals surface area contributed by atoms with Crippen LogP contribution in [0.4, 0.5) is 0 Å². The normalized spacial score (nSPS) is 17.1. The number of aryl methyl sites for hydroxylation is 1. The highest BCUT2D eigenvalue weighted by molar-refractivity contribution is 5.77. The predicted molar refractivity (Wildman–Crippen MR) is 82.2 cm³/mol. The van der Waals surface area contributed by atoms with Gasteiger partial charge in [0.25, 0.3) is 0 Å². The Balaban J connectivity index is 2.04. The van der Waals surface area contributed by atoms with Gasteiger partial charge in [0.05, 0.1) is 19.6 Å². The zero-order chi connectivity index (χ0) is 15.3. The maximum atomic E-state index is 12.2. The molecule has 0 aromatic heterocycles. The van der Waals surface area contributed by atoms with E-state index in [1.54, 1.807) is 7.11 Å². The van der Waals surface area contributed by atoms with Crippen molar-refractivity contribution in [2.75, 3.05) is 20.8 Å². The molecule has 0 spiro atoms. The van der Waals surface area contributed by atoms with Crippen LogP contribution in [-0.2, 0) is 16.0 Å². The lowest BCUT2D eigenvalue weighted by Gasteiger charge is -2.29. The van der Waals surface area contributed by atoms with Gasteiger partial charge in [-0.2, -0.15) is 0 Å². The molecule has 21 heavy (non-hydrogen) atoms. The minimum absolute atomic E-state index is 0.162. The summed E-state index contributed by atoms with van der Waals surface area (Å²) in [6.07, 6.45) is 4.83. The topological polar surface area (TPSA) is 61.5 Å². The van der Waals surface area contributed by atoms with E-state index in [4.69, 9.17) is 15.2 Å². The highest BCUT2D eigenvalue weighted by Crippen LogP contribution is 2.43. The lowest BCUT2D eigenvalue weighted by molar-refractivity contribution is -0.153. The van der Waals surface area contributed by atoms with E-state index in [9.17, 15) is 4.79 Å². The number of carbonyl (C=O) groups is 1. The van der Waals surface area contributed by atoms with E-state index in [2.05, 4.69) is 0 Å². The highest BCUT2D eigenvalue weighted by Gasteiger charge is 2.42. The molecule has 1 atom stereocenters. The molecule has 4 heteroatoms. The summed E-state index contributed by atoms with van der Waals surface area (Å²) >= 11 is 0. The molecule has 0 saturated heterocycles. The monoisotopic (exact) mass is 291 g/mol. The molecule has 1 aromatic carbocycles. The van der Waals surface area contributed by atoms with Crippen molar-refractivity contribution in [3.63, 3.8) is 0 Å². The quantitative estimate of drug-likeness (QED) is 0.748. The van der Waals surface area contributed by atoms with Gasteiger partial charge in [0.15, 0.2) is 0 Å². The molecule has 1 unspecified atom stereocenters. The molecule has 0 amide bonds. The summed E-state index contributed by atoms with van der Waals surface area (Å²) in [6, 6.07) is 7.96. The van der Waals surface area contributed by atoms with Crippen molar-refractivity contribution in [1.82, 2.24) is 0 Å². The summed E-state index contributed by atoms with van der Waals surface area (Å²) in [5.74, 6) is 1.32. The van der Waals surface area contributed by atoms with Crippen molar-refractivity contribution in [1.29, 1.82) is 0 Å². The third-order valence-electron chi connectivity index (χ3n) is 4.44. The highest BCUT2D eigenvalue weighted by atomic mass is 16.5. The molecule has 1 saturated carbocycles. The number of methoxy groups -OCH3 is 2. The standard InChI is InChI=1S/C17H25NO3/c1-20-15-7-5-13(6-8-15)9-10-17(12-18,16(19)21-2)11-14-3-4-14/h5-8,14H,3-4,9-12,18H2,1-2H3. The van der Waals surface area contributed by atoms with Crippen LogP contribution in [0.15, 0.2) is 24.3 Å². The number of rotatable bonds is 8. The first-order valence-corrected chi connectivity index (χ1v) is 7.55. The summed E-state index contributed by atoms with van der Waals surface area (Å²) in [6.45, 7) is 0.354. The number of esters is 1. The molecule has 0 heterocycles. The summed E-state index contributed by atoms with van der Waals surface area (Å²) in [7, 11) is 3.11. The Morgan fingerprint density at radius 1 is 1.29 bits per heavy atom. The van der Waals surface area contributed by atoms with Crippen molar-refractivity contribution < 1.29 is 14.3 Å². The van der Waals surface area contributed by atoms with Crippen LogP contribution in [0.3, 0.4) is 0 Å². The zero-order valence-electron chi connectivity index (χ0n) is 12.9. The molecular formula is C17H25NO3. The first-order chi connectivity index (χ1) is 10.1. The van der Waals surface area contributed by atoms with E-state index in [1.165, 1.54) is 25.5 Å². The van der Waals surface area contributed by atoms with Crippen molar-refractivity contribution >= 4 is 5.97 Å². The number of hydrogen-bond donors (Lipinski definition) is 1. The third-order valence-corrected chi connectivity index (χ3v) is 4.44. The van der Waals surface area contributed by atoms with Crippen molar-refractivity contribution in [3.8, 4) is 5.75 Å². The Kier molecular flexibility index (Phi) is 5.23. The number of ether oxygens (including phenoxy) is 2. The Morgan fingerprint density at radius 2 is 1.95 bits per heavy atom. The molecule has 4 nitrogen and oxygen atoms in total. The molecule has 116 valence electrons. The van der Waals surface area contributed by atoms with E-state index in [-0.39, 0.29) is 5.97 Å². The van der Waals surface area contributed by atoms with Crippen LogP contribution in [0.5, 0.6) is 5.75 Å². The molecule has 1 aliphatic carbocycles. The van der Waals surface area contributed by atoms with Crippen molar-refractivity contribution in [2.45, 2.75) is 32.1 Å². The maximum Gasteiger partial charge on any atom is 0.313 e. The van der Waals surface area contributed by atoms with Crippen LogP contribution in [0.1, 0.15) is 31.2 Å². The van der Waals surface area contributed by atoms with E-state index < -0.39 is 5.41 Å². The summed E-state index contributed by atoms with van der Waals surface area (Å²) < 4.78 is 10.2. The first-order valence-electron chi connectivity index (χ1n) is 7.55. The van der Waals surface area contributed by atoms with E-state index in [0.717, 1.165) is 25.0 Å². The number of hydrogen-bond acceptors (Lipinski definition) is 4. The van der Waals surface area contributed by atoms with Gasteiger partial charge in [-0.15, -0.1) is 0 Å². The second-order valence-corrected chi connectivity index (χ2v) is 5.97. The molecule has 1 fully saturated rings. The van der Waals surface area contributed by atoms with Crippen LogP contribution in [0.25, 0.3) is 0 Å². The first kappa shape index (κ1) is 15.8. The Labute approximate surface area is 126 Å². The van der Waals surface area contributed by atoms with E-state index in [1.807, 2.05) is 24.3 Å². The SMILES string of the molecule is COC(=O)C(CN)(CCc1ccc(OC)cc1)CC1CC1. The van der Waals surface area contributed by atoms with Gasteiger partial charge in [-0.1, -0.05) is 25.0 Å². The third kappa shape index (κ3) is 3.97. The average Bonchev–Trinajstić information content (AvgIpc) is 3.35. The number of nitrogens with two attached hydrogens (primary N) is 1. The van der Waals surface area contributed by atoms with Gasteiger partial charge in [0.2, 0.25) is 0 Å². The maximum absolute atomic E-state index is 12.2. The van der Waals surface area contributed by atoms with Crippen LogP contribution in [0, 0.1) is 11.3 Å². The fourth-order valence-corrected chi connectivity index (χ4v) is 2.82. The smallest absolute Gasteiger partial charge is 0.313 e. The lowest BCUT2D eigenvalue weighted by Crippen LogP contribution is -2.40. The summed E-state index contributed by atoms with van der Waals surface area (Å²) in [5, 5.41) is 0. The average molecular weight is 291 g/mol. The van der Waals surface area contributed by atoms with Gasteiger partial charge < -0.3 is 15.2 Å². The van der Waals surface area contributed by atoms with E-state index >= 15 is 0 Å².